The summed E-state index contributed by atoms with van der Waals surface area (Å²) >= 11 is 0. The van der Waals surface area contributed by atoms with Crippen LogP contribution in [0.25, 0.3) is 11.1 Å². The molecule has 2 aliphatic rings. The summed E-state index contributed by atoms with van der Waals surface area (Å²) < 4.78 is 0. The number of benzene rings is 4. The first-order valence-electron chi connectivity index (χ1n) is 18.2. The standard InChI is InChI=1S/C44H51NO2/c1-4-7-26-43(27-8-5-2)39-30-35(41(46)34-20-14-10-15-21-34)22-24-37(39)38-25-23-36(31-40(38)43)42(47)44(6-3,45-28-16-11-17-29-45)32-33-18-12-9-13-19-33/h9-10,12-15,18-25,30-31H,4-8,11,16-17,26-29,32H2,1-3H3. The van der Waals surface area contributed by atoms with Crippen molar-refractivity contribution >= 4 is 11.6 Å². The first-order valence-corrected chi connectivity index (χ1v) is 18.2. The lowest BCUT2D eigenvalue weighted by Gasteiger charge is -2.45. The predicted molar refractivity (Wildman–Crippen MR) is 195 cm³/mol. The van der Waals surface area contributed by atoms with Crippen LogP contribution in [0.4, 0.5) is 0 Å². The van der Waals surface area contributed by atoms with E-state index in [1.165, 1.54) is 34.2 Å². The number of unbranched alkanes of at least 4 members (excludes halogenated alkanes) is 2. The van der Waals surface area contributed by atoms with Gasteiger partial charge in [-0.2, -0.15) is 0 Å². The number of rotatable bonds is 14. The number of hydrogen-bond acceptors (Lipinski definition) is 3. The zero-order valence-corrected chi connectivity index (χ0v) is 28.7. The van der Waals surface area contributed by atoms with Crippen molar-refractivity contribution in [3.8, 4) is 11.1 Å². The fourth-order valence-corrected chi connectivity index (χ4v) is 8.52. The number of ketones is 2. The molecule has 0 radical (unpaired) electrons. The molecule has 1 aliphatic carbocycles. The highest BCUT2D eigenvalue weighted by molar-refractivity contribution is 6.10. The van der Waals surface area contributed by atoms with Crippen LogP contribution >= 0.6 is 0 Å². The number of piperidine rings is 1. The molecule has 1 fully saturated rings. The fraction of sp³-hybridized carbons (Fsp3) is 0.409. The molecule has 4 aromatic rings. The molecule has 0 spiro atoms. The van der Waals surface area contributed by atoms with Crippen molar-refractivity contribution in [3.63, 3.8) is 0 Å². The topological polar surface area (TPSA) is 37.4 Å². The minimum Gasteiger partial charge on any atom is -0.292 e. The van der Waals surface area contributed by atoms with E-state index in [2.05, 4.69) is 86.3 Å². The maximum Gasteiger partial charge on any atom is 0.193 e. The second kappa shape index (κ2) is 14.5. The molecule has 47 heavy (non-hydrogen) atoms. The van der Waals surface area contributed by atoms with E-state index in [4.69, 9.17) is 0 Å². The Kier molecular flexibility index (Phi) is 10.2. The lowest BCUT2D eigenvalue weighted by Crippen LogP contribution is -2.57. The van der Waals surface area contributed by atoms with Crippen LogP contribution in [0.3, 0.4) is 0 Å². The average Bonchev–Trinajstić information content (AvgIpc) is 3.40. The van der Waals surface area contributed by atoms with Crippen LogP contribution in [0.15, 0.2) is 97.1 Å². The second-order valence-corrected chi connectivity index (χ2v) is 13.9. The van der Waals surface area contributed by atoms with Crippen molar-refractivity contribution in [2.45, 2.75) is 102 Å². The van der Waals surface area contributed by atoms with Gasteiger partial charge in [0.25, 0.3) is 0 Å². The molecule has 4 aromatic carbocycles. The van der Waals surface area contributed by atoms with Crippen molar-refractivity contribution in [1.29, 1.82) is 0 Å². The Bertz CT molecular complexity index is 1680. The van der Waals surface area contributed by atoms with E-state index >= 15 is 4.79 Å². The first-order chi connectivity index (χ1) is 23.0. The highest BCUT2D eigenvalue weighted by Crippen LogP contribution is 2.55. The van der Waals surface area contributed by atoms with Gasteiger partial charge in [0.15, 0.2) is 11.6 Å². The molecule has 1 atom stereocenters. The summed E-state index contributed by atoms with van der Waals surface area (Å²) in [5.41, 5.74) is 7.71. The van der Waals surface area contributed by atoms with E-state index < -0.39 is 5.54 Å². The fourth-order valence-electron chi connectivity index (χ4n) is 8.52. The minimum absolute atomic E-state index is 0.0651. The number of carbonyl (C=O) groups excluding carboxylic acids is 2. The van der Waals surface area contributed by atoms with Crippen molar-refractivity contribution in [1.82, 2.24) is 4.90 Å². The molecule has 0 saturated carbocycles. The van der Waals surface area contributed by atoms with Gasteiger partial charge in [-0.15, -0.1) is 0 Å². The summed E-state index contributed by atoms with van der Waals surface area (Å²) in [5, 5.41) is 0. The molecule has 1 unspecified atom stereocenters. The third-order valence-electron chi connectivity index (χ3n) is 11.1. The van der Waals surface area contributed by atoms with E-state index in [9.17, 15) is 4.79 Å². The van der Waals surface area contributed by atoms with Crippen molar-refractivity contribution in [3.05, 3.63) is 130 Å². The lowest BCUT2D eigenvalue weighted by atomic mass is 9.69. The Morgan fingerprint density at radius 3 is 1.79 bits per heavy atom. The maximum absolute atomic E-state index is 15.1. The number of Topliss-reactive ketones (excluding diaryl/α,β-unsaturated/α-hetero) is 1. The zero-order valence-electron chi connectivity index (χ0n) is 28.7. The van der Waals surface area contributed by atoms with Gasteiger partial charge in [0.2, 0.25) is 0 Å². The Hall–Kier alpha value is -3.82. The smallest absolute Gasteiger partial charge is 0.193 e. The van der Waals surface area contributed by atoms with Gasteiger partial charge in [-0.05, 0) is 91.6 Å². The largest absolute Gasteiger partial charge is 0.292 e. The van der Waals surface area contributed by atoms with E-state index in [-0.39, 0.29) is 17.0 Å². The Balaban J connectivity index is 1.47. The Morgan fingerprint density at radius 1 is 0.660 bits per heavy atom. The van der Waals surface area contributed by atoms with Gasteiger partial charge < -0.3 is 0 Å². The summed E-state index contributed by atoms with van der Waals surface area (Å²) in [6.07, 6.45) is 11.4. The molecule has 1 heterocycles. The molecule has 0 N–H and O–H groups in total. The molecule has 0 amide bonds. The maximum atomic E-state index is 15.1. The van der Waals surface area contributed by atoms with Crippen molar-refractivity contribution in [2.75, 3.05) is 13.1 Å². The molecule has 1 aliphatic heterocycles. The van der Waals surface area contributed by atoms with Crippen molar-refractivity contribution in [2.24, 2.45) is 0 Å². The summed E-state index contributed by atoms with van der Waals surface area (Å²) in [6, 6.07) is 33.2. The highest BCUT2D eigenvalue weighted by atomic mass is 16.1. The van der Waals surface area contributed by atoms with Gasteiger partial charge in [-0.3, -0.25) is 14.5 Å². The van der Waals surface area contributed by atoms with Crippen LogP contribution in [0.5, 0.6) is 0 Å². The number of hydrogen-bond donors (Lipinski definition) is 0. The van der Waals surface area contributed by atoms with Gasteiger partial charge in [0, 0.05) is 22.1 Å². The highest BCUT2D eigenvalue weighted by Gasteiger charge is 2.46. The first kappa shape index (κ1) is 33.1. The SMILES string of the molecule is CCCCC1(CCCC)c2cc(C(=O)c3ccccc3)ccc2-c2ccc(C(=O)C(CC)(Cc3ccccc3)N3CCCCC3)cc21. The quantitative estimate of drug-likeness (QED) is 0.131. The molecule has 244 valence electrons. The number of fused-ring (bicyclic) bond motifs is 3. The average molecular weight is 626 g/mol. The van der Waals surface area contributed by atoms with Gasteiger partial charge in [0.1, 0.15) is 0 Å². The van der Waals surface area contributed by atoms with E-state index in [0.29, 0.717) is 0 Å². The van der Waals surface area contributed by atoms with E-state index in [1.807, 2.05) is 36.4 Å². The molecular weight excluding hydrogens is 574 g/mol. The van der Waals surface area contributed by atoms with Crippen molar-refractivity contribution < 1.29 is 9.59 Å². The van der Waals surface area contributed by atoms with Gasteiger partial charge >= 0.3 is 0 Å². The van der Waals surface area contributed by atoms with E-state index in [1.54, 1.807) is 0 Å². The van der Waals surface area contributed by atoms with Crippen LogP contribution in [0, 0.1) is 0 Å². The van der Waals surface area contributed by atoms with Crippen LogP contribution in [0.1, 0.15) is 128 Å². The molecule has 3 nitrogen and oxygen atoms in total. The summed E-state index contributed by atoms with van der Waals surface area (Å²) in [6.45, 7) is 8.67. The van der Waals surface area contributed by atoms with Gasteiger partial charge in [-0.1, -0.05) is 138 Å². The predicted octanol–water partition coefficient (Wildman–Crippen LogP) is 10.6. The molecule has 6 rings (SSSR count). The van der Waals surface area contributed by atoms with E-state index in [0.717, 1.165) is 94.0 Å². The lowest BCUT2D eigenvalue weighted by molar-refractivity contribution is 0.0435. The third-order valence-corrected chi connectivity index (χ3v) is 11.1. The molecular formula is C44H51NO2. The summed E-state index contributed by atoms with van der Waals surface area (Å²) in [5.74, 6) is 0.319. The Labute approximate surface area is 282 Å². The number of nitrogens with zero attached hydrogens (tertiary/aromatic N) is 1. The summed E-state index contributed by atoms with van der Waals surface area (Å²) in [4.78, 5) is 31.3. The number of likely N-dealkylation sites (tertiary alicyclic amines) is 1. The second-order valence-electron chi connectivity index (χ2n) is 13.9. The molecule has 1 saturated heterocycles. The number of carbonyl (C=O) groups is 2. The zero-order chi connectivity index (χ0) is 32.9. The van der Waals surface area contributed by atoms with Crippen LogP contribution in [-0.4, -0.2) is 35.1 Å². The Morgan fingerprint density at radius 2 is 1.21 bits per heavy atom. The molecule has 0 aromatic heterocycles. The summed E-state index contributed by atoms with van der Waals surface area (Å²) in [7, 11) is 0. The molecule has 0 bridgehead atoms. The monoisotopic (exact) mass is 625 g/mol. The van der Waals surface area contributed by atoms with Gasteiger partial charge in [-0.25, -0.2) is 0 Å². The van der Waals surface area contributed by atoms with Crippen LogP contribution in [0.2, 0.25) is 0 Å². The van der Waals surface area contributed by atoms with Gasteiger partial charge in [0.05, 0.1) is 5.54 Å². The van der Waals surface area contributed by atoms with Crippen LogP contribution in [-0.2, 0) is 11.8 Å². The third kappa shape index (κ3) is 6.27. The van der Waals surface area contributed by atoms with Crippen LogP contribution < -0.4 is 0 Å². The normalized spacial score (nSPS) is 16.7. The molecule has 3 heteroatoms. The minimum atomic E-state index is -0.577.